The number of likely N-dealkylation sites (N-methyl/N-ethyl adjacent to an activating group) is 1. The molecule has 0 radical (unpaired) electrons. The van der Waals surface area contributed by atoms with E-state index in [1.807, 2.05) is 13.8 Å². The Morgan fingerprint density at radius 2 is 1.58 bits per heavy atom. The van der Waals surface area contributed by atoms with Crippen molar-refractivity contribution >= 4 is 23.9 Å². The molecule has 1 aliphatic heterocycles. The van der Waals surface area contributed by atoms with Crippen molar-refractivity contribution in [2.24, 2.45) is 0 Å². The SMILES string of the molecule is CCCc1cc(C(O)(C(F)(F)F)C(F)(F)F)ccc1N1CCCN(C(=O)CN(C=O)C(=O)C(C)(NC)c2ccc(OC(C)C)cc2)CC1. The van der Waals surface area contributed by atoms with Gasteiger partial charge in [0.1, 0.15) is 17.8 Å². The maximum Gasteiger partial charge on any atom is 0.430 e. The van der Waals surface area contributed by atoms with Crippen molar-refractivity contribution in [3.05, 3.63) is 59.2 Å². The number of nitrogens with zero attached hydrogens (tertiary/aromatic N) is 3. The van der Waals surface area contributed by atoms with Crippen LogP contribution < -0.4 is 15.0 Å². The summed E-state index contributed by atoms with van der Waals surface area (Å²) in [5.74, 6) is -0.579. The molecule has 2 aromatic carbocycles. The first-order chi connectivity index (χ1) is 22.3. The zero-order chi connectivity index (χ0) is 36.1. The lowest BCUT2D eigenvalue weighted by atomic mass is 9.89. The molecule has 266 valence electrons. The third-order valence-corrected chi connectivity index (χ3v) is 8.45. The monoisotopic (exact) mass is 688 g/mol. The Morgan fingerprint density at radius 1 is 0.979 bits per heavy atom. The summed E-state index contributed by atoms with van der Waals surface area (Å²) in [6.45, 7) is 7.36. The average molecular weight is 689 g/mol. The van der Waals surface area contributed by atoms with Gasteiger partial charge in [0.25, 0.3) is 11.5 Å². The molecule has 1 saturated heterocycles. The van der Waals surface area contributed by atoms with Crippen molar-refractivity contribution < 1.29 is 50.6 Å². The van der Waals surface area contributed by atoms with E-state index in [1.54, 1.807) is 50.1 Å². The van der Waals surface area contributed by atoms with Crippen LogP contribution in [0, 0.1) is 0 Å². The van der Waals surface area contributed by atoms with Crippen LogP contribution in [0.5, 0.6) is 5.75 Å². The van der Waals surface area contributed by atoms with Gasteiger partial charge in [-0.3, -0.25) is 19.3 Å². The molecule has 1 unspecified atom stereocenters. The van der Waals surface area contributed by atoms with E-state index in [9.17, 15) is 45.8 Å². The minimum absolute atomic E-state index is 0.0576. The summed E-state index contributed by atoms with van der Waals surface area (Å²) in [4.78, 5) is 43.0. The van der Waals surface area contributed by atoms with Gasteiger partial charge in [0.2, 0.25) is 12.3 Å². The molecule has 1 fully saturated rings. The van der Waals surface area contributed by atoms with E-state index < -0.39 is 47.4 Å². The number of imide groups is 1. The topological polar surface area (TPSA) is 102 Å². The highest BCUT2D eigenvalue weighted by Crippen LogP contribution is 2.50. The molecule has 3 amide bonds. The van der Waals surface area contributed by atoms with E-state index in [4.69, 9.17) is 4.74 Å². The Labute approximate surface area is 275 Å². The van der Waals surface area contributed by atoms with Gasteiger partial charge >= 0.3 is 12.4 Å². The quantitative estimate of drug-likeness (QED) is 0.242. The van der Waals surface area contributed by atoms with Crippen LogP contribution >= 0.6 is 0 Å². The fourth-order valence-corrected chi connectivity index (χ4v) is 5.69. The summed E-state index contributed by atoms with van der Waals surface area (Å²) in [6, 6.07) is 9.27. The fourth-order valence-electron chi connectivity index (χ4n) is 5.69. The Kier molecular flexibility index (Phi) is 12.2. The molecule has 1 atom stereocenters. The lowest BCUT2D eigenvalue weighted by molar-refractivity contribution is -0.376. The Hall–Kier alpha value is -3.85. The van der Waals surface area contributed by atoms with Crippen LogP contribution in [0.1, 0.15) is 57.2 Å². The summed E-state index contributed by atoms with van der Waals surface area (Å²) in [6.07, 6.45) is -10.8. The maximum absolute atomic E-state index is 13.6. The Balaban J connectivity index is 1.78. The minimum atomic E-state index is -6.01. The molecule has 0 aliphatic carbocycles. The number of benzene rings is 2. The zero-order valence-electron chi connectivity index (χ0n) is 27.5. The number of carbonyl (C=O) groups is 3. The van der Waals surface area contributed by atoms with Crippen LogP contribution in [0.2, 0.25) is 0 Å². The van der Waals surface area contributed by atoms with Gasteiger partial charge in [-0.25, -0.2) is 0 Å². The molecule has 1 aliphatic rings. The Morgan fingerprint density at radius 3 is 2.10 bits per heavy atom. The van der Waals surface area contributed by atoms with Crippen molar-refractivity contribution in [3.8, 4) is 5.75 Å². The predicted molar refractivity (Wildman–Crippen MR) is 166 cm³/mol. The molecule has 3 rings (SSSR count). The number of hydrogen-bond donors (Lipinski definition) is 2. The summed E-state index contributed by atoms with van der Waals surface area (Å²) in [5, 5.41) is 12.9. The highest BCUT2D eigenvalue weighted by atomic mass is 19.4. The van der Waals surface area contributed by atoms with Gasteiger partial charge in [0.05, 0.1) is 6.10 Å². The van der Waals surface area contributed by atoms with Gasteiger partial charge in [-0.05, 0) is 70.0 Å². The Bertz CT molecular complexity index is 1420. The van der Waals surface area contributed by atoms with Crippen molar-refractivity contribution in [2.75, 3.05) is 44.7 Å². The molecule has 1 heterocycles. The predicted octanol–water partition coefficient (Wildman–Crippen LogP) is 4.90. The average Bonchev–Trinajstić information content (AvgIpc) is 3.28. The summed E-state index contributed by atoms with van der Waals surface area (Å²) >= 11 is 0. The van der Waals surface area contributed by atoms with E-state index in [0.29, 0.717) is 42.5 Å². The number of alkyl halides is 6. The van der Waals surface area contributed by atoms with Crippen LogP contribution in [0.3, 0.4) is 0 Å². The summed E-state index contributed by atoms with van der Waals surface area (Å²) in [5.41, 5.74) is -6.61. The van der Waals surface area contributed by atoms with Gasteiger partial charge < -0.3 is 25.0 Å². The lowest BCUT2D eigenvalue weighted by Gasteiger charge is -2.34. The molecule has 15 heteroatoms. The molecule has 0 saturated carbocycles. The number of aryl methyl sites for hydroxylation is 1. The lowest BCUT2D eigenvalue weighted by Crippen LogP contribution is -2.54. The third kappa shape index (κ3) is 8.05. The number of rotatable bonds is 12. The number of ether oxygens (including phenoxy) is 1. The van der Waals surface area contributed by atoms with E-state index >= 15 is 0 Å². The second-order valence-corrected chi connectivity index (χ2v) is 12.1. The number of aliphatic hydroxyl groups is 1. The van der Waals surface area contributed by atoms with Crippen LogP contribution in [-0.2, 0) is 31.9 Å². The molecule has 2 aromatic rings. The largest absolute Gasteiger partial charge is 0.491 e. The van der Waals surface area contributed by atoms with Crippen LogP contribution in [0.25, 0.3) is 0 Å². The molecule has 48 heavy (non-hydrogen) atoms. The number of halogens is 6. The van der Waals surface area contributed by atoms with Crippen LogP contribution in [0.15, 0.2) is 42.5 Å². The van der Waals surface area contributed by atoms with Gasteiger partial charge in [0, 0.05) is 37.4 Å². The third-order valence-electron chi connectivity index (χ3n) is 8.45. The minimum Gasteiger partial charge on any atom is -0.491 e. The van der Waals surface area contributed by atoms with Crippen molar-refractivity contribution in [1.82, 2.24) is 15.1 Å². The zero-order valence-corrected chi connectivity index (χ0v) is 27.5. The molecule has 0 aromatic heterocycles. The van der Waals surface area contributed by atoms with E-state index in [0.717, 1.165) is 17.0 Å². The van der Waals surface area contributed by atoms with E-state index in [-0.39, 0.29) is 44.1 Å². The van der Waals surface area contributed by atoms with Crippen LogP contribution in [0.4, 0.5) is 32.0 Å². The van der Waals surface area contributed by atoms with Gasteiger partial charge in [-0.15, -0.1) is 0 Å². The maximum atomic E-state index is 13.6. The molecule has 0 spiro atoms. The van der Waals surface area contributed by atoms with Crippen molar-refractivity contribution in [3.63, 3.8) is 0 Å². The van der Waals surface area contributed by atoms with Gasteiger partial charge in [-0.1, -0.05) is 37.6 Å². The number of nitrogens with one attached hydrogen (secondary N) is 1. The van der Waals surface area contributed by atoms with E-state index in [1.165, 1.54) is 4.90 Å². The number of amides is 3. The number of carbonyl (C=O) groups excluding carboxylic acids is 3. The molecule has 2 N–H and O–H groups in total. The van der Waals surface area contributed by atoms with Crippen molar-refractivity contribution in [2.45, 2.75) is 76.6 Å². The number of hydrogen-bond acceptors (Lipinski definition) is 7. The summed E-state index contributed by atoms with van der Waals surface area (Å²) in [7, 11) is 1.55. The molecule has 0 bridgehead atoms. The smallest absolute Gasteiger partial charge is 0.430 e. The molecular formula is C33H42F6N4O5. The standard InChI is InChI=1S/C33H42F6N4O5/c1-6-8-23-19-25(31(47,32(34,35)36)33(37,38)39)11-14-27(23)41-15-7-16-42(18-17-41)28(45)20-43(21-44)29(46)30(4,40-5)24-9-12-26(13-10-24)48-22(2)3/h9-14,19,21-22,40,47H,6-8,15-18,20H2,1-5H3. The van der Waals surface area contributed by atoms with Gasteiger partial charge in [-0.2, -0.15) is 26.3 Å². The molecule has 9 nitrogen and oxygen atoms in total. The first kappa shape index (κ1) is 38.6. The highest BCUT2D eigenvalue weighted by molar-refractivity contribution is 5.97. The van der Waals surface area contributed by atoms with Crippen LogP contribution in [-0.4, -0.2) is 91.4 Å². The first-order valence-corrected chi connectivity index (χ1v) is 15.6. The fraction of sp³-hybridized carbons (Fsp3) is 0.545. The second kappa shape index (κ2) is 15.1. The second-order valence-electron chi connectivity index (χ2n) is 12.1. The first-order valence-electron chi connectivity index (χ1n) is 15.6. The highest BCUT2D eigenvalue weighted by Gasteiger charge is 2.71. The number of anilines is 1. The normalized spacial score (nSPS) is 15.9. The summed E-state index contributed by atoms with van der Waals surface area (Å²) < 4.78 is 86.9. The van der Waals surface area contributed by atoms with Crippen molar-refractivity contribution in [1.29, 1.82) is 0 Å². The van der Waals surface area contributed by atoms with Gasteiger partial charge in [0.15, 0.2) is 0 Å². The van der Waals surface area contributed by atoms with E-state index in [2.05, 4.69) is 5.32 Å². The molecular weight excluding hydrogens is 646 g/mol.